The van der Waals surface area contributed by atoms with E-state index in [0.29, 0.717) is 45.8 Å². The van der Waals surface area contributed by atoms with E-state index in [4.69, 9.17) is 26.2 Å². The molecule has 2 aromatic heterocycles. The highest BCUT2D eigenvalue weighted by Gasteiger charge is 2.31. The average Bonchev–Trinajstić information content (AvgIpc) is 3.21. The van der Waals surface area contributed by atoms with Gasteiger partial charge in [0.1, 0.15) is 11.4 Å². The van der Waals surface area contributed by atoms with Crippen molar-refractivity contribution in [1.82, 2.24) is 20.1 Å². The Balaban J connectivity index is 1.78. The highest BCUT2D eigenvalue weighted by Crippen LogP contribution is 2.41. The van der Waals surface area contributed by atoms with Crippen LogP contribution in [-0.2, 0) is 0 Å². The number of nitrogens with one attached hydrogen (secondary N) is 2. The summed E-state index contributed by atoms with van der Waals surface area (Å²) in [6, 6.07) is 13.0. The Hall–Kier alpha value is -3.78. The minimum absolute atomic E-state index is 0.0177. The first-order chi connectivity index (χ1) is 16.0. The third-order valence-corrected chi connectivity index (χ3v) is 6.03. The van der Waals surface area contributed by atoms with Gasteiger partial charge in [0, 0.05) is 23.7 Å². The van der Waals surface area contributed by atoms with Gasteiger partial charge in [0.05, 0.1) is 42.2 Å². The summed E-state index contributed by atoms with van der Waals surface area (Å²) >= 11 is 6.35. The molecule has 0 unspecified atom stereocenters. The minimum atomic E-state index is -0.203. The zero-order valence-electron chi connectivity index (χ0n) is 18.3. The molecule has 0 bridgehead atoms. The van der Waals surface area contributed by atoms with Gasteiger partial charge in [-0.05, 0) is 43.3 Å². The molecule has 8 nitrogen and oxygen atoms in total. The molecule has 0 fully saturated rings. The van der Waals surface area contributed by atoms with E-state index in [-0.39, 0.29) is 11.9 Å². The van der Waals surface area contributed by atoms with Gasteiger partial charge in [-0.3, -0.25) is 14.5 Å². The third kappa shape index (κ3) is 3.52. The lowest BCUT2D eigenvalue weighted by atomic mass is 10.0. The van der Waals surface area contributed by atoms with Crippen LogP contribution in [0.4, 0.5) is 11.4 Å². The number of pyridine rings is 1. The van der Waals surface area contributed by atoms with Gasteiger partial charge in [0.15, 0.2) is 11.4 Å². The Morgan fingerprint density at radius 1 is 1.18 bits per heavy atom. The molecule has 2 N–H and O–H groups in total. The number of benzene rings is 2. The number of halogens is 1. The van der Waals surface area contributed by atoms with Crippen LogP contribution in [0.25, 0.3) is 22.2 Å². The molecule has 0 saturated heterocycles. The molecule has 1 aliphatic rings. The lowest BCUT2D eigenvalue weighted by Gasteiger charge is -2.22. The van der Waals surface area contributed by atoms with Crippen molar-refractivity contribution in [3.8, 4) is 22.8 Å². The molecule has 1 atom stereocenters. The first kappa shape index (κ1) is 21.1. The third-order valence-electron chi connectivity index (χ3n) is 5.74. The highest BCUT2D eigenvalue weighted by molar-refractivity contribution is 6.32. The van der Waals surface area contributed by atoms with Gasteiger partial charge in [0.2, 0.25) is 0 Å². The number of carbonyl (C=O) groups is 1. The number of anilines is 2. The van der Waals surface area contributed by atoms with Crippen LogP contribution in [0.1, 0.15) is 23.5 Å². The van der Waals surface area contributed by atoms with Gasteiger partial charge < -0.3 is 20.1 Å². The predicted molar refractivity (Wildman–Crippen MR) is 128 cm³/mol. The van der Waals surface area contributed by atoms with Crippen molar-refractivity contribution in [3.05, 3.63) is 59.4 Å². The first-order valence-electron chi connectivity index (χ1n) is 10.4. The molecular formula is C24H22ClN5O3. The lowest BCUT2D eigenvalue weighted by Crippen LogP contribution is -2.38. The molecule has 1 amide bonds. The number of ether oxygens (including phenoxy) is 2. The number of rotatable bonds is 5. The fraction of sp³-hybridized carbons (Fsp3) is 0.208. The largest absolute Gasteiger partial charge is 0.497 e. The summed E-state index contributed by atoms with van der Waals surface area (Å²) in [7, 11) is 3.18. The summed E-state index contributed by atoms with van der Waals surface area (Å²) in [5.74, 6) is 0.986. The van der Waals surface area contributed by atoms with Crippen LogP contribution in [0.5, 0.6) is 11.5 Å². The van der Waals surface area contributed by atoms with Crippen molar-refractivity contribution in [2.45, 2.75) is 13.0 Å². The molecule has 0 aliphatic carbocycles. The summed E-state index contributed by atoms with van der Waals surface area (Å²) in [6.07, 6.45) is 1.73. The van der Waals surface area contributed by atoms with E-state index in [2.05, 4.69) is 15.6 Å². The standard InChI is InChI=1S/C24H22ClN5O3/c1-13-12-27-24(31)22-21(28-19-6-4-5-17(25)23(19)33-3)20(29-30(13)22)15-9-10-26-18-8-7-14(32-2)11-16(15)18/h4-11,13,28H,12H2,1-3H3,(H,27,31)/t13-/m1/s1. The second-order valence-corrected chi connectivity index (χ2v) is 8.17. The summed E-state index contributed by atoms with van der Waals surface area (Å²) < 4.78 is 12.7. The van der Waals surface area contributed by atoms with E-state index in [1.807, 2.05) is 43.3 Å². The van der Waals surface area contributed by atoms with Gasteiger partial charge in [-0.1, -0.05) is 17.7 Å². The van der Waals surface area contributed by atoms with Crippen molar-refractivity contribution in [2.75, 3.05) is 26.1 Å². The van der Waals surface area contributed by atoms with Crippen molar-refractivity contribution in [2.24, 2.45) is 0 Å². The Kier molecular flexibility index (Phi) is 5.30. The van der Waals surface area contributed by atoms with Crippen LogP contribution < -0.4 is 20.1 Å². The topological polar surface area (TPSA) is 90.3 Å². The number of amides is 1. The Labute approximate surface area is 195 Å². The lowest BCUT2D eigenvalue weighted by molar-refractivity contribution is 0.0913. The van der Waals surface area contributed by atoms with Gasteiger partial charge in [0.25, 0.3) is 5.91 Å². The SMILES string of the molecule is COc1ccc2nccc(-c3nn4c(c3Nc3cccc(Cl)c3OC)C(=O)NC[C@H]4C)c2c1. The second kappa shape index (κ2) is 8.29. The van der Waals surface area contributed by atoms with Crippen LogP contribution in [0.2, 0.25) is 5.02 Å². The fourth-order valence-corrected chi connectivity index (χ4v) is 4.35. The molecule has 4 aromatic rings. The number of methoxy groups -OCH3 is 2. The Morgan fingerprint density at radius 2 is 2.03 bits per heavy atom. The molecule has 0 saturated carbocycles. The molecular weight excluding hydrogens is 442 g/mol. The quantitative estimate of drug-likeness (QED) is 0.441. The molecule has 33 heavy (non-hydrogen) atoms. The van der Waals surface area contributed by atoms with Crippen LogP contribution in [-0.4, -0.2) is 41.4 Å². The molecule has 9 heteroatoms. The second-order valence-electron chi connectivity index (χ2n) is 7.76. The number of hydrogen-bond donors (Lipinski definition) is 2. The van der Waals surface area contributed by atoms with E-state index in [9.17, 15) is 4.79 Å². The molecule has 1 aliphatic heterocycles. The van der Waals surface area contributed by atoms with Gasteiger partial charge in [-0.15, -0.1) is 0 Å². The van der Waals surface area contributed by atoms with Crippen LogP contribution in [0.15, 0.2) is 48.7 Å². The minimum Gasteiger partial charge on any atom is -0.497 e. The molecule has 0 spiro atoms. The van der Waals surface area contributed by atoms with Gasteiger partial charge in [-0.2, -0.15) is 5.10 Å². The maximum Gasteiger partial charge on any atom is 0.271 e. The summed E-state index contributed by atoms with van der Waals surface area (Å²) in [5, 5.41) is 12.5. The Morgan fingerprint density at radius 3 is 2.82 bits per heavy atom. The van der Waals surface area contributed by atoms with Crippen LogP contribution >= 0.6 is 11.6 Å². The Bertz CT molecular complexity index is 1380. The van der Waals surface area contributed by atoms with E-state index in [0.717, 1.165) is 16.5 Å². The van der Waals surface area contributed by atoms with E-state index < -0.39 is 0 Å². The van der Waals surface area contributed by atoms with Crippen molar-refractivity contribution >= 4 is 39.8 Å². The smallest absolute Gasteiger partial charge is 0.271 e. The number of hydrogen-bond acceptors (Lipinski definition) is 6. The van der Waals surface area contributed by atoms with E-state index in [1.165, 1.54) is 0 Å². The zero-order chi connectivity index (χ0) is 23.1. The number of fused-ring (bicyclic) bond motifs is 2. The maximum atomic E-state index is 13.0. The molecule has 5 rings (SSSR count). The monoisotopic (exact) mass is 463 g/mol. The number of carbonyl (C=O) groups excluding carboxylic acids is 1. The van der Waals surface area contributed by atoms with Gasteiger partial charge >= 0.3 is 0 Å². The maximum absolute atomic E-state index is 13.0. The van der Waals surface area contributed by atoms with E-state index >= 15 is 0 Å². The first-order valence-corrected chi connectivity index (χ1v) is 10.8. The fourth-order valence-electron chi connectivity index (χ4n) is 4.10. The summed E-state index contributed by atoms with van der Waals surface area (Å²) in [5.41, 5.74) is 3.88. The van der Waals surface area contributed by atoms with Crippen molar-refractivity contribution in [1.29, 1.82) is 0 Å². The van der Waals surface area contributed by atoms with Crippen LogP contribution in [0.3, 0.4) is 0 Å². The number of para-hydroxylation sites is 1. The van der Waals surface area contributed by atoms with Crippen molar-refractivity contribution in [3.63, 3.8) is 0 Å². The molecule has 3 heterocycles. The summed E-state index contributed by atoms with van der Waals surface area (Å²) in [6.45, 7) is 2.51. The number of aromatic nitrogens is 3. The van der Waals surface area contributed by atoms with E-state index in [1.54, 1.807) is 31.2 Å². The molecule has 0 radical (unpaired) electrons. The normalized spacial score (nSPS) is 15.2. The molecule has 168 valence electrons. The zero-order valence-corrected chi connectivity index (χ0v) is 19.1. The summed E-state index contributed by atoms with van der Waals surface area (Å²) in [4.78, 5) is 17.5. The van der Waals surface area contributed by atoms with Gasteiger partial charge in [-0.25, -0.2) is 0 Å². The predicted octanol–water partition coefficient (Wildman–Crippen LogP) is 4.82. The highest BCUT2D eigenvalue weighted by atomic mass is 35.5. The molecule has 2 aromatic carbocycles. The van der Waals surface area contributed by atoms with Crippen molar-refractivity contribution < 1.29 is 14.3 Å². The van der Waals surface area contributed by atoms with Crippen LogP contribution in [0, 0.1) is 0 Å². The average molecular weight is 464 g/mol. The number of nitrogens with zero attached hydrogens (tertiary/aromatic N) is 3.